The lowest BCUT2D eigenvalue weighted by molar-refractivity contribution is -0.137. The molecule has 0 unspecified atom stereocenters. The van der Waals surface area contributed by atoms with Gasteiger partial charge in [0.1, 0.15) is 6.07 Å². The fourth-order valence-electron chi connectivity index (χ4n) is 2.41. The van der Waals surface area contributed by atoms with Gasteiger partial charge in [0, 0.05) is 18.2 Å². The first-order valence-electron chi connectivity index (χ1n) is 7.31. The van der Waals surface area contributed by atoms with E-state index >= 15 is 0 Å². The Balaban J connectivity index is 2.53. The molecule has 2 aromatic carbocycles. The van der Waals surface area contributed by atoms with Crippen molar-refractivity contribution in [3.8, 4) is 17.2 Å². The highest BCUT2D eigenvalue weighted by molar-refractivity contribution is 6.05. The molecule has 25 heavy (non-hydrogen) atoms. The molecule has 0 aromatic heterocycles. The Morgan fingerprint density at radius 3 is 2.24 bits per heavy atom. The SMILES string of the molecule is C=C(C)C(=O)N(C)c1cccc(-c2ccc(C(F)(F)F)cc2)c1C#N. The predicted molar refractivity (Wildman–Crippen MR) is 89.8 cm³/mol. The van der Waals surface area contributed by atoms with Crippen molar-refractivity contribution in [2.75, 3.05) is 11.9 Å². The van der Waals surface area contributed by atoms with E-state index in [0.29, 0.717) is 22.4 Å². The topological polar surface area (TPSA) is 44.1 Å². The number of halogens is 3. The number of hydrogen-bond donors (Lipinski definition) is 0. The average molecular weight is 344 g/mol. The summed E-state index contributed by atoms with van der Waals surface area (Å²) in [4.78, 5) is 13.4. The summed E-state index contributed by atoms with van der Waals surface area (Å²) in [6.45, 7) is 5.15. The van der Waals surface area contributed by atoms with Gasteiger partial charge in [-0.25, -0.2) is 0 Å². The lowest BCUT2D eigenvalue weighted by atomic mass is 9.97. The summed E-state index contributed by atoms with van der Waals surface area (Å²) in [6.07, 6.45) is -4.42. The van der Waals surface area contributed by atoms with Crippen LogP contribution in [0.5, 0.6) is 0 Å². The number of anilines is 1. The van der Waals surface area contributed by atoms with Crippen LogP contribution in [0.15, 0.2) is 54.6 Å². The van der Waals surface area contributed by atoms with Gasteiger partial charge in [-0.3, -0.25) is 4.79 Å². The molecule has 0 fully saturated rings. The van der Waals surface area contributed by atoms with Crippen LogP contribution in [0.2, 0.25) is 0 Å². The van der Waals surface area contributed by atoms with Crippen molar-refractivity contribution in [3.05, 3.63) is 65.7 Å². The predicted octanol–water partition coefficient (Wildman–Crippen LogP) is 4.78. The van der Waals surface area contributed by atoms with Crippen LogP contribution in [0.1, 0.15) is 18.1 Å². The smallest absolute Gasteiger partial charge is 0.310 e. The van der Waals surface area contributed by atoms with Crippen molar-refractivity contribution >= 4 is 11.6 Å². The minimum absolute atomic E-state index is 0.208. The van der Waals surface area contributed by atoms with Gasteiger partial charge in [0.25, 0.3) is 5.91 Å². The van der Waals surface area contributed by atoms with Gasteiger partial charge >= 0.3 is 6.18 Å². The maximum atomic E-state index is 12.7. The number of amides is 1. The largest absolute Gasteiger partial charge is 0.416 e. The van der Waals surface area contributed by atoms with Gasteiger partial charge in [-0.2, -0.15) is 18.4 Å². The minimum atomic E-state index is -4.42. The second-order valence-electron chi connectivity index (χ2n) is 5.53. The molecule has 0 aliphatic carbocycles. The van der Waals surface area contributed by atoms with E-state index in [1.165, 1.54) is 24.1 Å². The Labute approximate surface area is 143 Å². The molecule has 0 saturated carbocycles. The summed E-state index contributed by atoms with van der Waals surface area (Å²) in [5.74, 6) is -0.346. The Kier molecular flexibility index (Phi) is 4.98. The van der Waals surface area contributed by atoms with E-state index in [4.69, 9.17) is 0 Å². The Bertz CT molecular complexity index is 862. The number of nitrogens with zero attached hydrogens (tertiary/aromatic N) is 2. The van der Waals surface area contributed by atoms with Gasteiger partial charge in [0.2, 0.25) is 0 Å². The number of benzene rings is 2. The molecule has 2 rings (SSSR count). The summed E-state index contributed by atoms with van der Waals surface area (Å²) >= 11 is 0. The number of likely N-dealkylation sites (N-methyl/N-ethyl adjacent to an activating group) is 1. The molecule has 0 N–H and O–H groups in total. The quantitative estimate of drug-likeness (QED) is 0.752. The minimum Gasteiger partial charge on any atom is -0.310 e. The fourth-order valence-corrected chi connectivity index (χ4v) is 2.41. The normalized spacial score (nSPS) is 10.9. The first-order chi connectivity index (χ1) is 11.7. The molecule has 0 aliphatic heterocycles. The van der Waals surface area contributed by atoms with E-state index in [1.807, 2.05) is 6.07 Å². The lowest BCUT2D eigenvalue weighted by Crippen LogP contribution is -2.27. The van der Waals surface area contributed by atoms with Crippen molar-refractivity contribution < 1.29 is 18.0 Å². The average Bonchev–Trinajstić information content (AvgIpc) is 2.58. The second-order valence-corrected chi connectivity index (χ2v) is 5.53. The number of carbonyl (C=O) groups is 1. The third-order valence-corrected chi connectivity index (χ3v) is 3.71. The first kappa shape index (κ1) is 18.3. The first-order valence-corrected chi connectivity index (χ1v) is 7.31. The molecule has 2 aromatic rings. The highest BCUT2D eigenvalue weighted by atomic mass is 19.4. The van der Waals surface area contributed by atoms with E-state index < -0.39 is 11.7 Å². The third-order valence-electron chi connectivity index (χ3n) is 3.71. The molecular formula is C19H15F3N2O. The van der Waals surface area contributed by atoms with Gasteiger partial charge in [-0.05, 0) is 30.7 Å². The summed E-state index contributed by atoms with van der Waals surface area (Å²) in [5.41, 5.74) is 1.04. The molecule has 0 aliphatic rings. The monoisotopic (exact) mass is 344 g/mol. The molecule has 6 heteroatoms. The number of nitriles is 1. The number of carbonyl (C=O) groups excluding carboxylic acids is 1. The highest BCUT2D eigenvalue weighted by Gasteiger charge is 2.30. The van der Waals surface area contributed by atoms with E-state index in [9.17, 15) is 23.2 Å². The number of rotatable bonds is 3. The molecular weight excluding hydrogens is 329 g/mol. The van der Waals surface area contributed by atoms with Crippen molar-refractivity contribution in [3.63, 3.8) is 0 Å². The summed E-state index contributed by atoms with van der Waals surface area (Å²) in [7, 11) is 1.52. The van der Waals surface area contributed by atoms with Crippen LogP contribution in [0.3, 0.4) is 0 Å². The zero-order valence-corrected chi connectivity index (χ0v) is 13.7. The number of hydrogen-bond acceptors (Lipinski definition) is 2. The van der Waals surface area contributed by atoms with E-state index in [1.54, 1.807) is 25.1 Å². The molecule has 128 valence electrons. The van der Waals surface area contributed by atoms with Crippen molar-refractivity contribution in [2.24, 2.45) is 0 Å². The third kappa shape index (κ3) is 3.72. The van der Waals surface area contributed by atoms with Crippen molar-refractivity contribution in [2.45, 2.75) is 13.1 Å². The zero-order chi connectivity index (χ0) is 18.8. The van der Waals surface area contributed by atoms with Gasteiger partial charge in [-0.15, -0.1) is 0 Å². The summed E-state index contributed by atoms with van der Waals surface area (Å²) in [6, 6.07) is 11.5. The molecule has 0 heterocycles. The second kappa shape index (κ2) is 6.81. The summed E-state index contributed by atoms with van der Waals surface area (Å²) < 4.78 is 38.1. The Morgan fingerprint density at radius 2 is 1.76 bits per heavy atom. The maximum Gasteiger partial charge on any atom is 0.416 e. The maximum absolute atomic E-state index is 12.7. The Morgan fingerprint density at radius 1 is 1.16 bits per heavy atom. The molecule has 0 bridgehead atoms. The molecule has 0 saturated heterocycles. The van der Waals surface area contributed by atoms with Crippen LogP contribution in [0.4, 0.5) is 18.9 Å². The van der Waals surface area contributed by atoms with E-state index in [0.717, 1.165) is 12.1 Å². The molecule has 0 spiro atoms. The van der Waals surface area contributed by atoms with Gasteiger partial charge < -0.3 is 4.90 Å². The molecule has 1 amide bonds. The molecule has 3 nitrogen and oxygen atoms in total. The fraction of sp³-hybridized carbons (Fsp3) is 0.158. The van der Waals surface area contributed by atoms with Gasteiger partial charge in [0.15, 0.2) is 0 Å². The van der Waals surface area contributed by atoms with Crippen molar-refractivity contribution in [1.82, 2.24) is 0 Å². The van der Waals surface area contributed by atoms with Gasteiger partial charge in [0.05, 0.1) is 16.8 Å². The number of alkyl halides is 3. The van der Waals surface area contributed by atoms with E-state index in [-0.39, 0.29) is 11.5 Å². The van der Waals surface area contributed by atoms with Crippen molar-refractivity contribution in [1.29, 1.82) is 5.26 Å². The van der Waals surface area contributed by atoms with Crippen LogP contribution in [0.25, 0.3) is 11.1 Å². The standard InChI is InChI=1S/C19H15F3N2O/c1-12(2)18(25)24(3)17-6-4-5-15(16(17)11-23)13-7-9-14(10-8-13)19(20,21)22/h4-10H,1H2,2-3H3. The molecule has 0 radical (unpaired) electrons. The molecule has 0 atom stereocenters. The summed E-state index contributed by atoms with van der Waals surface area (Å²) in [5, 5.41) is 9.52. The zero-order valence-electron chi connectivity index (χ0n) is 13.7. The van der Waals surface area contributed by atoms with Crippen LogP contribution in [0, 0.1) is 11.3 Å². The highest BCUT2D eigenvalue weighted by Crippen LogP contribution is 2.34. The van der Waals surface area contributed by atoms with Crippen LogP contribution in [-0.2, 0) is 11.0 Å². The van der Waals surface area contributed by atoms with Crippen LogP contribution < -0.4 is 4.90 Å². The lowest BCUT2D eigenvalue weighted by Gasteiger charge is -2.20. The van der Waals surface area contributed by atoms with E-state index in [2.05, 4.69) is 6.58 Å². The van der Waals surface area contributed by atoms with Crippen LogP contribution in [-0.4, -0.2) is 13.0 Å². The van der Waals surface area contributed by atoms with Gasteiger partial charge in [-0.1, -0.05) is 30.8 Å². The Hall–Kier alpha value is -3.07. The van der Waals surface area contributed by atoms with Crippen LogP contribution >= 0.6 is 0 Å².